The number of furan rings is 1. The van der Waals surface area contributed by atoms with Gasteiger partial charge in [-0.15, -0.1) is 0 Å². The van der Waals surface area contributed by atoms with Crippen molar-refractivity contribution in [2.75, 3.05) is 4.90 Å². The summed E-state index contributed by atoms with van der Waals surface area (Å²) >= 11 is 0. The monoisotopic (exact) mass is 637 g/mol. The number of rotatable bonds is 5. The molecule has 0 saturated carbocycles. The van der Waals surface area contributed by atoms with Crippen molar-refractivity contribution in [1.29, 1.82) is 0 Å². The molecule has 0 aliphatic rings. The van der Waals surface area contributed by atoms with E-state index in [1.807, 2.05) is 6.07 Å². The van der Waals surface area contributed by atoms with Crippen LogP contribution < -0.4 is 4.90 Å². The first-order valence-corrected chi connectivity index (χ1v) is 17.1. The van der Waals surface area contributed by atoms with Gasteiger partial charge in [0.2, 0.25) is 0 Å². The highest BCUT2D eigenvalue weighted by atomic mass is 16.3. The topological polar surface area (TPSA) is 16.4 Å². The van der Waals surface area contributed by atoms with Gasteiger partial charge in [0.25, 0.3) is 0 Å². The van der Waals surface area contributed by atoms with Gasteiger partial charge >= 0.3 is 0 Å². The predicted octanol–water partition coefficient (Wildman–Crippen LogP) is 13.8. The predicted molar refractivity (Wildman–Crippen MR) is 212 cm³/mol. The Hall–Kier alpha value is -6.64. The molecular formula is C48H31NO. The minimum atomic E-state index is 0.873. The summed E-state index contributed by atoms with van der Waals surface area (Å²) in [6.07, 6.45) is 0. The van der Waals surface area contributed by atoms with Crippen LogP contribution >= 0.6 is 0 Å². The summed E-state index contributed by atoms with van der Waals surface area (Å²) in [6.45, 7) is 0. The molecular weight excluding hydrogens is 607 g/mol. The van der Waals surface area contributed by atoms with Crippen LogP contribution in [0.1, 0.15) is 0 Å². The van der Waals surface area contributed by atoms with Crippen molar-refractivity contribution in [3.63, 3.8) is 0 Å². The van der Waals surface area contributed by atoms with Gasteiger partial charge in [0.05, 0.1) is 11.4 Å². The number of nitrogens with zero attached hydrogens (tertiary/aromatic N) is 1. The molecule has 0 saturated heterocycles. The molecule has 1 heterocycles. The van der Waals surface area contributed by atoms with Crippen molar-refractivity contribution < 1.29 is 4.42 Å². The fourth-order valence-corrected chi connectivity index (χ4v) is 7.74. The maximum atomic E-state index is 6.80. The lowest BCUT2D eigenvalue weighted by molar-refractivity contribution is 0.669. The van der Waals surface area contributed by atoms with Gasteiger partial charge in [0.15, 0.2) is 5.58 Å². The summed E-state index contributed by atoms with van der Waals surface area (Å²) in [5.41, 5.74) is 9.62. The molecule has 10 aromatic rings. The quantitative estimate of drug-likeness (QED) is 0.175. The first kappa shape index (κ1) is 28.4. The lowest BCUT2D eigenvalue weighted by atomic mass is 9.93. The molecule has 0 radical (unpaired) electrons. The van der Waals surface area contributed by atoms with Gasteiger partial charge in [0.1, 0.15) is 5.58 Å². The summed E-state index contributed by atoms with van der Waals surface area (Å²) in [6, 6.07) is 67.4. The van der Waals surface area contributed by atoms with Gasteiger partial charge in [-0.3, -0.25) is 0 Å². The van der Waals surface area contributed by atoms with Crippen LogP contribution in [0.5, 0.6) is 0 Å². The molecule has 0 amide bonds. The standard InChI is InChI=1S/C48H31NO/c1-2-14-32(15-3-1)38-19-10-12-24-44(38)49(45-31-35-17-5-7-20-39(35)47-42-23-11-13-25-46(42)50-48(45)47)36-28-26-33(27-29-36)43-30-34-16-4-6-18-37(34)40-21-8-9-22-41(40)43/h1-31H. The molecule has 50 heavy (non-hydrogen) atoms. The summed E-state index contributed by atoms with van der Waals surface area (Å²) in [7, 11) is 0. The third kappa shape index (κ3) is 4.50. The molecule has 0 aliphatic carbocycles. The molecule has 2 heteroatoms. The lowest BCUT2D eigenvalue weighted by Gasteiger charge is -2.28. The molecule has 0 fully saturated rings. The van der Waals surface area contributed by atoms with Crippen LogP contribution in [0.3, 0.4) is 0 Å². The lowest BCUT2D eigenvalue weighted by Crippen LogP contribution is -2.11. The molecule has 2 nitrogen and oxygen atoms in total. The summed E-state index contributed by atoms with van der Waals surface area (Å²) in [5.74, 6) is 0. The zero-order valence-electron chi connectivity index (χ0n) is 27.3. The normalized spacial score (nSPS) is 11.6. The Morgan fingerprint density at radius 2 is 0.940 bits per heavy atom. The van der Waals surface area contributed by atoms with E-state index in [0.717, 1.165) is 50.1 Å². The van der Waals surface area contributed by atoms with E-state index in [1.165, 1.54) is 43.4 Å². The molecule has 10 rings (SSSR count). The van der Waals surface area contributed by atoms with Crippen LogP contribution in [0.4, 0.5) is 17.1 Å². The van der Waals surface area contributed by atoms with Gasteiger partial charge in [-0.05, 0) is 85.4 Å². The smallest absolute Gasteiger partial charge is 0.160 e. The van der Waals surface area contributed by atoms with E-state index in [-0.39, 0.29) is 0 Å². The van der Waals surface area contributed by atoms with Crippen molar-refractivity contribution in [2.24, 2.45) is 0 Å². The van der Waals surface area contributed by atoms with Crippen molar-refractivity contribution in [1.82, 2.24) is 0 Å². The molecule has 0 aliphatic heterocycles. The second-order valence-electron chi connectivity index (χ2n) is 12.9. The average molecular weight is 638 g/mol. The first-order chi connectivity index (χ1) is 24.8. The van der Waals surface area contributed by atoms with E-state index < -0.39 is 0 Å². The molecule has 0 unspecified atom stereocenters. The molecule has 9 aromatic carbocycles. The van der Waals surface area contributed by atoms with Gasteiger partial charge in [-0.25, -0.2) is 0 Å². The van der Waals surface area contributed by atoms with E-state index >= 15 is 0 Å². The number of anilines is 3. The zero-order chi connectivity index (χ0) is 33.0. The maximum absolute atomic E-state index is 6.80. The fraction of sp³-hybridized carbons (Fsp3) is 0. The van der Waals surface area contributed by atoms with Crippen molar-refractivity contribution in [2.45, 2.75) is 0 Å². The van der Waals surface area contributed by atoms with Crippen LogP contribution in [0.15, 0.2) is 192 Å². The Kier molecular flexibility index (Phi) is 6.53. The van der Waals surface area contributed by atoms with Crippen LogP contribution in [-0.2, 0) is 0 Å². The highest BCUT2D eigenvalue weighted by Crippen LogP contribution is 2.48. The van der Waals surface area contributed by atoms with E-state index in [9.17, 15) is 0 Å². The zero-order valence-corrected chi connectivity index (χ0v) is 27.3. The SMILES string of the molecule is c1ccc(-c2ccccc2N(c2ccc(-c3cc4ccccc4c4ccccc34)cc2)c2cc3ccccc3c3c2oc2ccccc23)cc1. The van der Waals surface area contributed by atoms with Crippen LogP contribution in [0.2, 0.25) is 0 Å². The molecule has 0 atom stereocenters. The van der Waals surface area contributed by atoms with Crippen LogP contribution in [0.25, 0.3) is 76.5 Å². The van der Waals surface area contributed by atoms with E-state index in [0.29, 0.717) is 0 Å². The third-order valence-corrected chi connectivity index (χ3v) is 10.0. The Bertz CT molecular complexity index is 2870. The average Bonchev–Trinajstić information content (AvgIpc) is 3.59. The number of fused-ring (bicyclic) bond motifs is 8. The summed E-state index contributed by atoms with van der Waals surface area (Å²) in [5, 5.41) is 9.65. The van der Waals surface area contributed by atoms with Crippen LogP contribution in [0, 0.1) is 0 Å². The summed E-state index contributed by atoms with van der Waals surface area (Å²) in [4.78, 5) is 2.38. The molecule has 0 N–H and O–H groups in total. The highest BCUT2D eigenvalue weighted by molar-refractivity contribution is 6.23. The molecule has 1 aromatic heterocycles. The number of benzene rings is 9. The number of hydrogen-bond acceptors (Lipinski definition) is 2. The van der Waals surface area contributed by atoms with E-state index in [1.54, 1.807) is 0 Å². The first-order valence-electron chi connectivity index (χ1n) is 17.1. The van der Waals surface area contributed by atoms with Crippen molar-refractivity contribution in [3.8, 4) is 22.3 Å². The Balaban J connectivity index is 1.24. The second-order valence-corrected chi connectivity index (χ2v) is 12.9. The Morgan fingerprint density at radius 3 is 1.74 bits per heavy atom. The maximum Gasteiger partial charge on any atom is 0.160 e. The van der Waals surface area contributed by atoms with Gasteiger partial charge in [-0.1, -0.05) is 152 Å². The summed E-state index contributed by atoms with van der Waals surface area (Å²) < 4.78 is 6.80. The van der Waals surface area contributed by atoms with Crippen LogP contribution in [-0.4, -0.2) is 0 Å². The third-order valence-electron chi connectivity index (χ3n) is 10.0. The van der Waals surface area contributed by atoms with Gasteiger partial charge < -0.3 is 9.32 Å². The fourth-order valence-electron chi connectivity index (χ4n) is 7.74. The minimum absolute atomic E-state index is 0.873. The molecule has 234 valence electrons. The van der Waals surface area contributed by atoms with Crippen molar-refractivity contribution in [3.05, 3.63) is 188 Å². The highest BCUT2D eigenvalue weighted by Gasteiger charge is 2.24. The van der Waals surface area contributed by atoms with Gasteiger partial charge in [-0.2, -0.15) is 0 Å². The molecule has 0 spiro atoms. The number of hydrogen-bond donors (Lipinski definition) is 0. The van der Waals surface area contributed by atoms with E-state index in [4.69, 9.17) is 4.42 Å². The van der Waals surface area contributed by atoms with Gasteiger partial charge in [0, 0.05) is 22.0 Å². The van der Waals surface area contributed by atoms with E-state index in [2.05, 4.69) is 187 Å². The Morgan fingerprint density at radius 1 is 0.360 bits per heavy atom. The Labute approximate surface area is 290 Å². The molecule has 0 bridgehead atoms. The van der Waals surface area contributed by atoms with Crippen molar-refractivity contribution >= 4 is 71.3 Å². The second kappa shape index (κ2) is 11.5. The minimum Gasteiger partial charge on any atom is -0.454 e. The number of para-hydroxylation sites is 2. The largest absolute Gasteiger partial charge is 0.454 e.